The van der Waals surface area contributed by atoms with E-state index in [2.05, 4.69) is 5.10 Å². The van der Waals surface area contributed by atoms with Crippen LogP contribution in [0.4, 0.5) is 0 Å². The van der Waals surface area contributed by atoms with Gasteiger partial charge in [-0.25, -0.2) is 0 Å². The van der Waals surface area contributed by atoms with Crippen molar-refractivity contribution in [2.24, 2.45) is 10.9 Å². The van der Waals surface area contributed by atoms with Crippen LogP contribution >= 0.6 is 0 Å². The lowest BCUT2D eigenvalue weighted by Gasteiger charge is -2.06. The SMILES string of the molecule is COC1=C/C(=N/N)C(=N)C=C1. The molecule has 0 aliphatic heterocycles. The Hall–Kier alpha value is -1.58. The van der Waals surface area contributed by atoms with Crippen LogP contribution in [0.25, 0.3) is 0 Å². The fraction of sp³-hybridized carbons (Fsp3) is 0.143. The van der Waals surface area contributed by atoms with E-state index in [1.807, 2.05) is 0 Å². The zero-order valence-corrected chi connectivity index (χ0v) is 6.16. The van der Waals surface area contributed by atoms with E-state index in [9.17, 15) is 0 Å². The average molecular weight is 151 g/mol. The van der Waals surface area contributed by atoms with E-state index in [1.54, 1.807) is 25.3 Å². The zero-order valence-electron chi connectivity index (χ0n) is 6.16. The minimum atomic E-state index is 0.299. The second-order valence-electron chi connectivity index (χ2n) is 2.01. The molecule has 0 aromatic rings. The number of nitrogens with two attached hydrogens (primary N) is 1. The number of hydrogen-bond acceptors (Lipinski definition) is 4. The summed E-state index contributed by atoms with van der Waals surface area (Å²) in [6, 6.07) is 0. The van der Waals surface area contributed by atoms with Crippen molar-refractivity contribution < 1.29 is 4.74 Å². The molecule has 0 amide bonds. The zero-order chi connectivity index (χ0) is 8.27. The topological polar surface area (TPSA) is 71.5 Å². The fourth-order valence-electron chi connectivity index (χ4n) is 0.745. The highest BCUT2D eigenvalue weighted by molar-refractivity contribution is 6.50. The Labute approximate surface area is 64.5 Å². The van der Waals surface area contributed by atoms with Crippen molar-refractivity contribution in [1.29, 1.82) is 5.41 Å². The highest BCUT2D eigenvalue weighted by Gasteiger charge is 2.07. The van der Waals surface area contributed by atoms with Gasteiger partial charge in [0.2, 0.25) is 0 Å². The summed E-state index contributed by atoms with van der Waals surface area (Å²) in [6.07, 6.45) is 4.89. The van der Waals surface area contributed by atoms with Gasteiger partial charge >= 0.3 is 0 Å². The van der Waals surface area contributed by atoms with E-state index in [4.69, 9.17) is 16.0 Å². The molecule has 0 aromatic carbocycles. The first-order valence-corrected chi connectivity index (χ1v) is 3.08. The molecule has 0 radical (unpaired) electrons. The standard InChI is InChI=1S/C7H9N3O/c1-11-5-2-3-6(8)7(4-5)10-9/h2-4,8H,9H2,1H3/b8-6?,10-7-. The van der Waals surface area contributed by atoms with Gasteiger partial charge in [-0.1, -0.05) is 0 Å². The van der Waals surface area contributed by atoms with Crippen molar-refractivity contribution in [2.45, 2.75) is 0 Å². The van der Waals surface area contributed by atoms with Crippen LogP contribution in [0.15, 0.2) is 29.1 Å². The van der Waals surface area contributed by atoms with Crippen LogP contribution in [0.2, 0.25) is 0 Å². The molecule has 1 rings (SSSR count). The van der Waals surface area contributed by atoms with Gasteiger partial charge in [0.1, 0.15) is 11.5 Å². The Morgan fingerprint density at radius 3 is 2.82 bits per heavy atom. The summed E-state index contributed by atoms with van der Waals surface area (Å²) < 4.78 is 4.91. The van der Waals surface area contributed by atoms with Gasteiger partial charge in [0.05, 0.1) is 12.8 Å². The van der Waals surface area contributed by atoms with Gasteiger partial charge in [-0.3, -0.25) is 5.41 Å². The van der Waals surface area contributed by atoms with Gasteiger partial charge in [0.25, 0.3) is 0 Å². The number of hydrazone groups is 1. The predicted octanol–water partition coefficient (Wildman–Crippen LogP) is 0.421. The van der Waals surface area contributed by atoms with Crippen LogP contribution in [0.1, 0.15) is 0 Å². The summed E-state index contributed by atoms with van der Waals surface area (Å²) in [6.45, 7) is 0. The van der Waals surface area contributed by atoms with Gasteiger partial charge in [0, 0.05) is 6.08 Å². The molecule has 0 heterocycles. The van der Waals surface area contributed by atoms with Crippen molar-refractivity contribution >= 4 is 11.4 Å². The van der Waals surface area contributed by atoms with Gasteiger partial charge in [-0.15, -0.1) is 0 Å². The predicted molar refractivity (Wildman–Crippen MR) is 43.6 cm³/mol. The molecule has 0 saturated heterocycles. The van der Waals surface area contributed by atoms with E-state index in [0.29, 0.717) is 17.2 Å². The first-order chi connectivity index (χ1) is 5.27. The molecular formula is C7H9N3O. The summed E-state index contributed by atoms with van der Waals surface area (Å²) in [5, 5.41) is 10.7. The molecule has 0 unspecified atom stereocenters. The number of rotatable bonds is 1. The number of ether oxygens (including phenoxy) is 1. The number of nitrogens with zero attached hydrogens (tertiary/aromatic N) is 1. The van der Waals surface area contributed by atoms with Crippen molar-refractivity contribution in [2.75, 3.05) is 7.11 Å². The Kier molecular flexibility index (Phi) is 2.06. The molecule has 4 nitrogen and oxygen atoms in total. The van der Waals surface area contributed by atoms with Crippen molar-refractivity contribution in [1.82, 2.24) is 0 Å². The lowest BCUT2D eigenvalue weighted by Crippen LogP contribution is -2.14. The summed E-state index contributed by atoms with van der Waals surface area (Å²) in [4.78, 5) is 0. The van der Waals surface area contributed by atoms with E-state index >= 15 is 0 Å². The number of methoxy groups -OCH3 is 1. The molecule has 4 heteroatoms. The van der Waals surface area contributed by atoms with Crippen LogP contribution in [-0.2, 0) is 4.74 Å². The summed E-state index contributed by atoms with van der Waals surface area (Å²) in [5.74, 6) is 5.68. The molecule has 58 valence electrons. The van der Waals surface area contributed by atoms with Crippen molar-refractivity contribution in [3.63, 3.8) is 0 Å². The minimum Gasteiger partial charge on any atom is -0.497 e. The van der Waals surface area contributed by atoms with Gasteiger partial charge in [-0.2, -0.15) is 5.10 Å². The smallest absolute Gasteiger partial charge is 0.121 e. The van der Waals surface area contributed by atoms with Gasteiger partial charge in [0.15, 0.2) is 0 Å². The molecule has 11 heavy (non-hydrogen) atoms. The maximum Gasteiger partial charge on any atom is 0.121 e. The lowest BCUT2D eigenvalue weighted by molar-refractivity contribution is 0.307. The second-order valence-corrected chi connectivity index (χ2v) is 2.01. The molecule has 3 N–H and O–H groups in total. The largest absolute Gasteiger partial charge is 0.497 e. The highest BCUT2D eigenvalue weighted by atomic mass is 16.5. The van der Waals surface area contributed by atoms with Gasteiger partial charge in [-0.05, 0) is 12.2 Å². The summed E-state index contributed by atoms with van der Waals surface area (Å²) in [5.41, 5.74) is 0.734. The monoisotopic (exact) mass is 151 g/mol. The van der Waals surface area contributed by atoms with E-state index in [-0.39, 0.29) is 0 Å². The molecule has 0 fully saturated rings. The van der Waals surface area contributed by atoms with Crippen LogP contribution in [0.5, 0.6) is 0 Å². The molecule has 0 bridgehead atoms. The summed E-state index contributed by atoms with van der Waals surface area (Å²) >= 11 is 0. The average Bonchev–Trinajstić information content (AvgIpc) is 2.05. The number of allylic oxidation sites excluding steroid dienone is 3. The third-order valence-electron chi connectivity index (χ3n) is 1.34. The summed E-state index contributed by atoms with van der Waals surface area (Å²) in [7, 11) is 1.55. The van der Waals surface area contributed by atoms with Gasteiger partial charge < -0.3 is 10.6 Å². The first-order valence-electron chi connectivity index (χ1n) is 3.08. The van der Waals surface area contributed by atoms with Crippen molar-refractivity contribution in [3.8, 4) is 0 Å². The Bertz CT molecular complexity index is 263. The molecule has 1 aliphatic rings. The number of hydrogen-bond donors (Lipinski definition) is 2. The molecule has 1 aliphatic carbocycles. The quantitative estimate of drug-likeness (QED) is 0.324. The van der Waals surface area contributed by atoms with Crippen LogP contribution in [0.3, 0.4) is 0 Å². The molecule has 0 aromatic heterocycles. The van der Waals surface area contributed by atoms with Crippen LogP contribution in [0, 0.1) is 5.41 Å². The molecule has 0 atom stereocenters. The molecular weight excluding hydrogens is 142 g/mol. The fourth-order valence-corrected chi connectivity index (χ4v) is 0.745. The normalized spacial score (nSPS) is 20.3. The van der Waals surface area contributed by atoms with Crippen molar-refractivity contribution in [3.05, 3.63) is 24.0 Å². The third kappa shape index (κ3) is 1.46. The van der Waals surface area contributed by atoms with E-state index in [0.717, 1.165) is 0 Å². The Balaban J connectivity index is 2.93. The lowest BCUT2D eigenvalue weighted by atomic mass is 10.1. The Morgan fingerprint density at radius 2 is 2.27 bits per heavy atom. The third-order valence-corrected chi connectivity index (χ3v) is 1.34. The second kappa shape index (κ2) is 3.01. The number of nitrogens with one attached hydrogen (secondary N) is 1. The first kappa shape index (κ1) is 7.53. The highest BCUT2D eigenvalue weighted by Crippen LogP contribution is 2.05. The van der Waals surface area contributed by atoms with Crippen LogP contribution < -0.4 is 5.84 Å². The van der Waals surface area contributed by atoms with Crippen LogP contribution in [-0.4, -0.2) is 18.5 Å². The Morgan fingerprint density at radius 1 is 1.55 bits per heavy atom. The maximum atomic E-state index is 7.31. The molecule has 0 spiro atoms. The maximum absolute atomic E-state index is 7.31. The van der Waals surface area contributed by atoms with E-state index in [1.165, 1.54) is 0 Å². The molecule has 0 saturated carbocycles. The minimum absolute atomic E-state index is 0.299. The van der Waals surface area contributed by atoms with E-state index < -0.39 is 0 Å².